The molecule has 0 aliphatic rings. The zero-order chi connectivity index (χ0) is 13.4. The van der Waals surface area contributed by atoms with Crippen molar-refractivity contribution in [3.63, 3.8) is 0 Å². The number of aliphatic hydroxyl groups is 1. The van der Waals surface area contributed by atoms with Crippen LogP contribution in [0.4, 0.5) is 0 Å². The monoisotopic (exact) mass is 250 g/mol. The van der Waals surface area contributed by atoms with Gasteiger partial charge in [0, 0.05) is 12.2 Å². The summed E-state index contributed by atoms with van der Waals surface area (Å²) in [6.45, 7) is 1.43. The molecule has 0 aliphatic heterocycles. The first-order chi connectivity index (χ1) is 8.58. The molecular formula is C13H14O5. The van der Waals surface area contributed by atoms with Crippen LogP contribution in [0.1, 0.15) is 12.5 Å². The van der Waals surface area contributed by atoms with Gasteiger partial charge in [0.1, 0.15) is 6.61 Å². The van der Waals surface area contributed by atoms with Crippen molar-refractivity contribution in [1.29, 1.82) is 0 Å². The molecule has 1 aromatic rings. The first kappa shape index (κ1) is 13.9. The van der Waals surface area contributed by atoms with E-state index in [1.54, 1.807) is 0 Å². The Balaban J connectivity index is 2.34. The number of carbonyl (C=O) groups excluding carboxylic acids is 2. The Morgan fingerprint density at radius 3 is 2.44 bits per heavy atom. The number of hydrogen-bond donors (Lipinski definition) is 1. The van der Waals surface area contributed by atoms with Crippen LogP contribution >= 0.6 is 0 Å². The number of hydrogen-bond acceptors (Lipinski definition) is 5. The Labute approximate surface area is 105 Å². The van der Waals surface area contributed by atoms with Crippen LogP contribution in [0, 0.1) is 0 Å². The summed E-state index contributed by atoms with van der Waals surface area (Å²) in [5.41, 5.74) is 0.853. The molecule has 0 amide bonds. The number of benzene rings is 1. The summed E-state index contributed by atoms with van der Waals surface area (Å²) < 4.78 is 9.27. The Bertz CT molecular complexity index is 422. The highest BCUT2D eigenvalue weighted by molar-refractivity contribution is 5.91. The van der Waals surface area contributed by atoms with Gasteiger partial charge in [0.05, 0.1) is 0 Å². The molecule has 96 valence electrons. The predicted octanol–water partition coefficient (Wildman–Crippen LogP) is 1.17. The molecule has 1 aromatic carbocycles. The van der Waals surface area contributed by atoms with Crippen molar-refractivity contribution < 1.29 is 24.2 Å². The number of ether oxygens (including phenoxy) is 2. The summed E-state index contributed by atoms with van der Waals surface area (Å²) in [6.07, 6.45) is 0.649. The van der Waals surface area contributed by atoms with Crippen LogP contribution in [-0.4, -0.2) is 23.3 Å². The highest BCUT2D eigenvalue weighted by Gasteiger charge is 2.03. The van der Waals surface area contributed by atoms with Crippen molar-refractivity contribution in [2.75, 3.05) is 0 Å². The van der Waals surface area contributed by atoms with Gasteiger partial charge in [-0.2, -0.15) is 0 Å². The van der Waals surface area contributed by atoms with Crippen molar-refractivity contribution in [3.05, 3.63) is 48.0 Å². The largest absolute Gasteiger partial charge is 0.458 e. The van der Waals surface area contributed by atoms with E-state index in [1.165, 1.54) is 6.92 Å². The molecule has 0 saturated carbocycles. The van der Waals surface area contributed by atoms with Crippen LogP contribution in [0.15, 0.2) is 42.5 Å². The fourth-order valence-corrected chi connectivity index (χ4v) is 1.12. The van der Waals surface area contributed by atoms with Gasteiger partial charge in [0.2, 0.25) is 0 Å². The topological polar surface area (TPSA) is 72.8 Å². The summed E-state index contributed by atoms with van der Waals surface area (Å²) in [7, 11) is 0. The van der Waals surface area contributed by atoms with Crippen LogP contribution in [0.5, 0.6) is 0 Å². The van der Waals surface area contributed by atoms with Crippen molar-refractivity contribution >= 4 is 11.9 Å². The maximum absolute atomic E-state index is 11.2. The molecule has 0 aromatic heterocycles. The van der Waals surface area contributed by atoms with Gasteiger partial charge in [-0.25, -0.2) is 9.59 Å². The molecule has 0 fully saturated rings. The van der Waals surface area contributed by atoms with E-state index >= 15 is 0 Å². The second kappa shape index (κ2) is 7.24. The third kappa shape index (κ3) is 5.81. The lowest BCUT2D eigenvalue weighted by atomic mass is 10.2. The second-order valence-electron chi connectivity index (χ2n) is 3.46. The highest BCUT2D eigenvalue weighted by Crippen LogP contribution is 2.01. The van der Waals surface area contributed by atoms with Gasteiger partial charge in [0.25, 0.3) is 0 Å². The average Bonchev–Trinajstić information content (AvgIpc) is 2.34. The van der Waals surface area contributed by atoms with Crippen molar-refractivity contribution in [3.8, 4) is 0 Å². The molecule has 5 nitrogen and oxygen atoms in total. The number of aliphatic hydroxyl groups excluding tert-OH is 1. The van der Waals surface area contributed by atoms with E-state index in [4.69, 9.17) is 9.84 Å². The summed E-state index contributed by atoms with van der Waals surface area (Å²) in [5.74, 6) is -1.46. The molecule has 1 unspecified atom stereocenters. The molecule has 0 saturated heterocycles. The standard InChI is InChI=1S/C13H14O5/c1-10(14)18-13(16)8-7-12(15)17-9-11-5-3-2-4-6-11/h2-8,10,14H,9H2,1H3/b8-7-. The molecule has 0 aliphatic carbocycles. The summed E-state index contributed by atoms with van der Waals surface area (Å²) in [5, 5.41) is 8.75. The van der Waals surface area contributed by atoms with Gasteiger partial charge < -0.3 is 14.6 Å². The lowest BCUT2D eigenvalue weighted by Gasteiger charge is -2.03. The van der Waals surface area contributed by atoms with Crippen molar-refractivity contribution in [2.24, 2.45) is 0 Å². The number of rotatable bonds is 5. The maximum atomic E-state index is 11.2. The third-order valence-corrected chi connectivity index (χ3v) is 1.87. The zero-order valence-corrected chi connectivity index (χ0v) is 9.91. The van der Waals surface area contributed by atoms with E-state index < -0.39 is 18.2 Å². The van der Waals surface area contributed by atoms with Gasteiger partial charge in [-0.15, -0.1) is 0 Å². The highest BCUT2D eigenvalue weighted by atomic mass is 16.6. The zero-order valence-electron chi connectivity index (χ0n) is 9.91. The van der Waals surface area contributed by atoms with Crippen LogP contribution in [0.25, 0.3) is 0 Å². The lowest BCUT2D eigenvalue weighted by Crippen LogP contribution is -2.12. The molecule has 1 atom stereocenters. The van der Waals surface area contributed by atoms with Gasteiger partial charge in [-0.05, 0) is 12.5 Å². The number of esters is 2. The van der Waals surface area contributed by atoms with E-state index in [2.05, 4.69) is 4.74 Å². The molecule has 5 heteroatoms. The normalized spacial score (nSPS) is 12.1. The Hall–Kier alpha value is -2.14. The lowest BCUT2D eigenvalue weighted by molar-refractivity contribution is -0.158. The molecule has 18 heavy (non-hydrogen) atoms. The molecule has 0 radical (unpaired) electrons. The van der Waals surface area contributed by atoms with E-state index in [9.17, 15) is 9.59 Å². The molecule has 1 rings (SSSR count). The molecular weight excluding hydrogens is 236 g/mol. The van der Waals surface area contributed by atoms with Gasteiger partial charge in [-0.1, -0.05) is 30.3 Å². The third-order valence-electron chi connectivity index (χ3n) is 1.87. The molecule has 0 spiro atoms. The van der Waals surface area contributed by atoms with Crippen LogP contribution in [-0.2, 0) is 25.7 Å². The van der Waals surface area contributed by atoms with E-state index in [1.807, 2.05) is 30.3 Å². The predicted molar refractivity (Wildman–Crippen MR) is 63.2 cm³/mol. The Morgan fingerprint density at radius 2 is 1.83 bits per heavy atom. The minimum Gasteiger partial charge on any atom is -0.458 e. The van der Waals surface area contributed by atoms with Crippen molar-refractivity contribution in [1.82, 2.24) is 0 Å². The van der Waals surface area contributed by atoms with E-state index in [-0.39, 0.29) is 6.61 Å². The molecule has 0 bridgehead atoms. The summed E-state index contributed by atoms with van der Waals surface area (Å²) in [4.78, 5) is 22.2. The second-order valence-corrected chi connectivity index (χ2v) is 3.46. The van der Waals surface area contributed by atoms with Gasteiger partial charge >= 0.3 is 11.9 Å². The summed E-state index contributed by atoms with van der Waals surface area (Å²) in [6, 6.07) is 9.16. The smallest absolute Gasteiger partial charge is 0.333 e. The van der Waals surface area contributed by atoms with Crippen LogP contribution in [0.3, 0.4) is 0 Å². The molecule has 0 heterocycles. The Morgan fingerprint density at radius 1 is 1.22 bits per heavy atom. The minimum atomic E-state index is -1.21. The minimum absolute atomic E-state index is 0.134. The van der Waals surface area contributed by atoms with Gasteiger partial charge in [0.15, 0.2) is 6.29 Å². The fourth-order valence-electron chi connectivity index (χ4n) is 1.12. The fraction of sp³-hybridized carbons (Fsp3) is 0.231. The van der Waals surface area contributed by atoms with Gasteiger partial charge in [-0.3, -0.25) is 0 Å². The quantitative estimate of drug-likeness (QED) is 0.482. The van der Waals surface area contributed by atoms with Crippen LogP contribution < -0.4 is 0 Å². The molecule has 1 N–H and O–H groups in total. The first-order valence-electron chi connectivity index (χ1n) is 5.35. The Kier molecular flexibility index (Phi) is 5.60. The van der Waals surface area contributed by atoms with Crippen molar-refractivity contribution in [2.45, 2.75) is 19.8 Å². The maximum Gasteiger partial charge on any atom is 0.333 e. The van der Waals surface area contributed by atoms with E-state index in [0.29, 0.717) is 0 Å². The first-order valence-corrected chi connectivity index (χ1v) is 5.35. The summed E-state index contributed by atoms with van der Waals surface area (Å²) >= 11 is 0. The van der Waals surface area contributed by atoms with Crippen LogP contribution in [0.2, 0.25) is 0 Å². The number of carbonyl (C=O) groups is 2. The van der Waals surface area contributed by atoms with E-state index in [0.717, 1.165) is 17.7 Å². The average molecular weight is 250 g/mol. The SMILES string of the molecule is CC(O)OC(=O)/C=C\C(=O)OCc1ccccc1.